The smallest absolute Gasteiger partial charge is 0.332 e. The van der Waals surface area contributed by atoms with Gasteiger partial charge in [-0.15, -0.1) is 0 Å². The first-order chi connectivity index (χ1) is 9.69. The van der Waals surface area contributed by atoms with Gasteiger partial charge in [-0.05, 0) is 18.4 Å². The third-order valence-electron chi connectivity index (χ3n) is 3.00. The lowest BCUT2D eigenvalue weighted by atomic mass is 10.1. The topological polar surface area (TPSA) is 49.8 Å². The number of halogens is 1. The van der Waals surface area contributed by atoms with Gasteiger partial charge in [0.05, 0.1) is 18.9 Å². The standard InChI is InChI=1S/C15H16ClNO3/c1-2-20-15(19)14(10-18)17(16)13-9-5-7-11-6-3-4-8-12(11)13/h3-9,14,18H,2,10H2,1H3. The Morgan fingerprint density at radius 1 is 1.30 bits per heavy atom. The molecule has 1 N–H and O–H groups in total. The molecule has 4 nitrogen and oxygen atoms in total. The van der Waals surface area contributed by atoms with Gasteiger partial charge in [0.2, 0.25) is 0 Å². The Balaban J connectivity index is 2.39. The molecule has 0 aliphatic rings. The molecule has 2 rings (SSSR count). The highest BCUT2D eigenvalue weighted by molar-refractivity contribution is 6.29. The van der Waals surface area contributed by atoms with Crippen molar-refractivity contribution in [1.82, 2.24) is 0 Å². The van der Waals surface area contributed by atoms with Gasteiger partial charge >= 0.3 is 5.97 Å². The minimum Gasteiger partial charge on any atom is -0.464 e. The lowest BCUT2D eigenvalue weighted by Crippen LogP contribution is -2.39. The van der Waals surface area contributed by atoms with Crippen molar-refractivity contribution in [2.45, 2.75) is 13.0 Å². The predicted octanol–water partition coefficient (Wildman–Crippen LogP) is 2.72. The number of aliphatic hydroxyl groups is 1. The normalized spacial score (nSPS) is 12.2. The molecule has 1 atom stereocenters. The molecule has 20 heavy (non-hydrogen) atoms. The van der Waals surface area contributed by atoms with Gasteiger partial charge in [-0.1, -0.05) is 36.4 Å². The number of aliphatic hydroxyl groups excluding tert-OH is 1. The van der Waals surface area contributed by atoms with Crippen LogP contribution in [-0.4, -0.2) is 30.3 Å². The van der Waals surface area contributed by atoms with Crippen LogP contribution in [0.2, 0.25) is 0 Å². The number of ether oxygens (including phenoxy) is 1. The van der Waals surface area contributed by atoms with Crippen LogP contribution in [0.5, 0.6) is 0 Å². The van der Waals surface area contributed by atoms with Crippen molar-refractivity contribution in [3.63, 3.8) is 0 Å². The number of fused-ring (bicyclic) bond motifs is 1. The largest absolute Gasteiger partial charge is 0.464 e. The summed E-state index contributed by atoms with van der Waals surface area (Å²) in [4.78, 5) is 11.8. The van der Waals surface area contributed by atoms with Gasteiger partial charge in [-0.3, -0.25) is 4.42 Å². The van der Waals surface area contributed by atoms with Gasteiger partial charge in [0.1, 0.15) is 0 Å². The fourth-order valence-corrected chi connectivity index (χ4v) is 2.33. The van der Waals surface area contributed by atoms with Crippen LogP contribution in [0.15, 0.2) is 42.5 Å². The quantitative estimate of drug-likeness (QED) is 0.680. The number of nitrogens with zero attached hydrogens (tertiary/aromatic N) is 1. The van der Waals surface area contributed by atoms with E-state index < -0.39 is 18.6 Å². The van der Waals surface area contributed by atoms with Gasteiger partial charge in [0.15, 0.2) is 6.04 Å². The van der Waals surface area contributed by atoms with Crippen molar-refractivity contribution >= 4 is 34.2 Å². The molecule has 0 heterocycles. The molecule has 2 aromatic rings. The van der Waals surface area contributed by atoms with E-state index in [0.717, 1.165) is 10.8 Å². The van der Waals surface area contributed by atoms with Crippen molar-refractivity contribution in [2.24, 2.45) is 0 Å². The van der Waals surface area contributed by atoms with Crippen molar-refractivity contribution in [3.8, 4) is 0 Å². The fourth-order valence-electron chi connectivity index (χ4n) is 2.04. The number of rotatable bonds is 5. The van der Waals surface area contributed by atoms with E-state index >= 15 is 0 Å². The molecule has 0 aliphatic heterocycles. The van der Waals surface area contributed by atoms with Crippen molar-refractivity contribution in [2.75, 3.05) is 17.6 Å². The maximum absolute atomic E-state index is 11.8. The van der Waals surface area contributed by atoms with Gasteiger partial charge in [-0.25, -0.2) is 4.79 Å². The summed E-state index contributed by atoms with van der Waals surface area (Å²) in [7, 11) is 0. The van der Waals surface area contributed by atoms with E-state index in [-0.39, 0.29) is 6.61 Å². The van der Waals surface area contributed by atoms with Crippen LogP contribution in [0.3, 0.4) is 0 Å². The SMILES string of the molecule is CCOC(=O)C(CO)N(Cl)c1cccc2ccccc12. The van der Waals surface area contributed by atoms with E-state index in [1.54, 1.807) is 13.0 Å². The molecular formula is C15H16ClNO3. The highest BCUT2D eigenvalue weighted by Crippen LogP contribution is 2.29. The highest BCUT2D eigenvalue weighted by Gasteiger charge is 2.26. The fraction of sp³-hybridized carbons (Fsp3) is 0.267. The summed E-state index contributed by atoms with van der Waals surface area (Å²) in [6, 6.07) is 12.4. The Kier molecular flexibility index (Phi) is 4.82. The number of esters is 1. The lowest BCUT2D eigenvalue weighted by molar-refractivity contribution is -0.145. The Labute approximate surface area is 122 Å². The first-order valence-electron chi connectivity index (χ1n) is 6.39. The van der Waals surface area contributed by atoms with E-state index in [1.165, 1.54) is 4.42 Å². The van der Waals surface area contributed by atoms with Crippen LogP contribution in [0.1, 0.15) is 6.92 Å². The van der Waals surface area contributed by atoms with Gasteiger partial charge < -0.3 is 9.84 Å². The third-order valence-corrected chi connectivity index (χ3v) is 3.42. The predicted molar refractivity (Wildman–Crippen MR) is 79.8 cm³/mol. The molecule has 0 aromatic heterocycles. The Bertz CT molecular complexity index is 597. The van der Waals surface area contributed by atoms with Crippen LogP contribution in [-0.2, 0) is 9.53 Å². The van der Waals surface area contributed by atoms with E-state index in [9.17, 15) is 9.90 Å². The Morgan fingerprint density at radius 3 is 2.70 bits per heavy atom. The summed E-state index contributed by atoms with van der Waals surface area (Å²) in [5.74, 6) is -0.544. The second kappa shape index (κ2) is 6.59. The molecule has 0 spiro atoms. The minimum absolute atomic E-state index is 0.246. The Morgan fingerprint density at radius 2 is 2.00 bits per heavy atom. The summed E-state index contributed by atoms with van der Waals surface area (Å²) in [6.45, 7) is 1.55. The van der Waals surface area contributed by atoms with E-state index in [4.69, 9.17) is 16.5 Å². The lowest BCUT2D eigenvalue weighted by Gasteiger charge is -2.24. The highest BCUT2D eigenvalue weighted by atomic mass is 35.5. The molecule has 0 amide bonds. The van der Waals surface area contributed by atoms with Crippen molar-refractivity contribution < 1.29 is 14.6 Å². The van der Waals surface area contributed by atoms with Gasteiger partial charge in [0, 0.05) is 17.2 Å². The van der Waals surface area contributed by atoms with Gasteiger partial charge in [0.25, 0.3) is 0 Å². The molecule has 0 radical (unpaired) electrons. The summed E-state index contributed by atoms with van der Waals surface area (Å²) < 4.78 is 6.16. The summed E-state index contributed by atoms with van der Waals surface area (Å²) >= 11 is 6.25. The second-order valence-electron chi connectivity index (χ2n) is 4.26. The zero-order valence-electron chi connectivity index (χ0n) is 11.1. The molecule has 106 valence electrons. The van der Waals surface area contributed by atoms with Gasteiger partial charge in [-0.2, -0.15) is 0 Å². The average Bonchev–Trinajstić information content (AvgIpc) is 2.47. The first-order valence-corrected chi connectivity index (χ1v) is 6.73. The first kappa shape index (κ1) is 14.6. The minimum atomic E-state index is -0.928. The summed E-state index contributed by atoms with van der Waals surface area (Å²) in [5.41, 5.74) is 0.664. The number of hydrogen-bond acceptors (Lipinski definition) is 4. The molecule has 0 saturated carbocycles. The second-order valence-corrected chi connectivity index (χ2v) is 4.62. The van der Waals surface area contributed by atoms with Crippen LogP contribution in [0.25, 0.3) is 10.8 Å². The molecule has 0 saturated heterocycles. The van der Waals surface area contributed by atoms with Crippen LogP contribution < -0.4 is 4.42 Å². The van der Waals surface area contributed by atoms with Crippen molar-refractivity contribution in [1.29, 1.82) is 0 Å². The van der Waals surface area contributed by atoms with Crippen molar-refractivity contribution in [3.05, 3.63) is 42.5 Å². The zero-order valence-corrected chi connectivity index (χ0v) is 11.9. The maximum Gasteiger partial charge on any atom is 0.332 e. The molecule has 5 heteroatoms. The number of hydrogen-bond donors (Lipinski definition) is 1. The third kappa shape index (κ3) is 2.86. The molecule has 0 bridgehead atoms. The zero-order chi connectivity index (χ0) is 14.5. The number of carbonyl (C=O) groups is 1. The molecule has 0 fully saturated rings. The van der Waals surface area contributed by atoms with Crippen LogP contribution in [0, 0.1) is 0 Å². The summed E-state index contributed by atoms with van der Waals surface area (Å²) in [6.07, 6.45) is 0. The van der Waals surface area contributed by atoms with E-state index in [2.05, 4.69) is 0 Å². The molecule has 1 unspecified atom stereocenters. The number of benzene rings is 2. The monoisotopic (exact) mass is 293 g/mol. The molecule has 0 aliphatic carbocycles. The number of carbonyl (C=O) groups excluding carboxylic acids is 1. The molecule has 2 aromatic carbocycles. The van der Waals surface area contributed by atoms with E-state index in [1.807, 2.05) is 36.4 Å². The van der Waals surface area contributed by atoms with Crippen LogP contribution >= 0.6 is 11.8 Å². The van der Waals surface area contributed by atoms with E-state index in [0.29, 0.717) is 5.69 Å². The molecular weight excluding hydrogens is 278 g/mol. The maximum atomic E-state index is 11.8. The summed E-state index contributed by atoms with van der Waals surface area (Å²) in [5, 5.41) is 11.3. The van der Waals surface area contributed by atoms with Crippen LogP contribution in [0.4, 0.5) is 5.69 Å². The average molecular weight is 294 g/mol. The Hall–Kier alpha value is -1.78. The number of anilines is 1.